The summed E-state index contributed by atoms with van der Waals surface area (Å²) in [6, 6.07) is 21.4. The molecule has 142 valence electrons. The van der Waals surface area contributed by atoms with Crippen molar-refractivity contribution in [1.29, 1.82) is 0 Å². The van der Waals surface area contributed by atoms with Crippen LogP contribution in [0, 0.1) is 0 Å². The molecule has 0 aliphatic heterocycles. The molecule has 0 aliphatic carbocycles. The molecule has 0 atom stereocenters. The number of benzene rings is 2. The molecule has 28 heavy (non-hydrogen) atoms. The third-order valence-corrected chi connectivity index (χ3v) is 4.44. The minimum atomic E-state index is -0.386. The molecule has 5 nitrogen and oxygen atoms in total. The average Bonchev–Trinajstić information content (AvgIpc) is 2.74. The highest BCUT2D eigenvalue weighted by molar-refractivity contribution is 6.30. The molecule has 0 spiro atoms. The molecule has 3 rings (SSSR count). The summed E-state index contributed by atoms with van der Waals surface area (Å²) in [6.07, 6.45) is 0. The van der Waals surface area contributed by atoms with Crippen LogP contribution in [0.1, 0.15) is 33.5 Å². The Hall–Kier alpha value is -3.18. The maximum absolute atomic E-state index is 12.9. The van der Waals surface area contributed by atoms with Crippen molar-refractivity contribution in [3.8, 4) is 0 Å². The average molecular weight is 394 g/mol. The summed E-state index contributed by atoms with van der Waals surface area (Å²) in [5.41, 5.74) is 2.06. The molecule has 0 saturated heterocycles. The molecule has 3 aromatic rings. The Labute approximate surface area is 169 Å². The first-order valence-corrected chi connectivity index (χ1v) is 9.32. The van der Waals surface area contributed by atoms with E-state index < -0.39 is 0 Å². The highest BCUT2D eigenvalue weighted by Gasteiger charge is 2.18. The van der Waals surface area contributed by atoms with Gasteiger partial charge >= 0.3 is 0 Å². The number of pyridine rings is 1. The number of halogens is 1. The molecule has 6 heteroatoms. The Morgan fingerprint density at radius 2 is 1.61 bits per heavy atom. The molecule has 0 fully saturated rings. The number of amides is 2. The fourth-order valence-electron chi connectivity index (χ4n) is 2.70. The maximum atomic E-state index is 12.9. The van der Waals surface area contributed by atoms with Gasteiger partial charge in [-0.25, -0.2) is 4.98 Å². The Kier molecular flexibility index (Phi) is 6.40. The first-order valence-electron chi connectivity index (χ1n) is 8.94. The number of nitrogens with one attached hydrogen (secondary N) is 1. The van der Waals surface area contributed by atoms with Gasteiger partial charge in [0.05, 0.1) is 0 Å². The van der Waals surface area contributed by atoms with E-state index in [4.69, 9.17) is 11.6 Å². The van der Waals surface area contributed by atoms with E-state index in [1.807, 2.05) is 37.3 Å². The van der Waals surface area contributed by atoms with Crippen molar-refractivity contribution in [2.75, 3.05) is 11.9 Å². The number of nitrogens with zero attached hydrogens (tertiary/aromatic N) is 2. The quantitative estimate of drug-likeness (QED) is 0.663. The molecule has 0 unspecified atom stereocenters. The Balaban J connectivity index is 1.74. The van der Waals surface area contributed by atoms with Crippen LogP contribution in [0.3, 0.4) is 0 Å². The van der Waals surface area contributed by atoms with Crippen LogP contribution in [0.4, 0.5) is 5.69 Å². The van der Waals surface area contributed by atoms with Gasteiger partial charge in [0.2, 0.25) is 0 Å². The van der Waals surface area contributed by atoms with E-state index >= 15 is 0 Å². The number of carbonyl (C=O) groups is 2. The minimum Gasteiger partial charge on any atom is -0.333 e. The topological polar surface area (TPSA) is 62.3 Å². The molecule has 2 amide bonds. The normalized spacial score (nSPS) is 10.4. The maximum Gasteiger partial charge on any atom is 0.274 e. The number of hydrogen-bond donors (Lipinski definition) is 1. The summed E-state index contributed by atoms with van der Waals surface area (Å²) in [4.78, 5) is 31.3. The fourth-order valence-corrected chi connectivity index (χ4v) is 2.83. The van der Waals surface area contributed by atoms with Crippen LogP contribution in [-0.2, 0) is 6.54 Å². The second kappa shape index (κ2) is 9.15. The lowest BCUT2D eigenvalue weighted by Crippen LogP contribution is -2.31. The summed E-state index contributed by atoms with van der Waals surface area (Å²) >= 11 is 5.86. The Bertz CT molecular complexity index is 959. The van der Waals surface area contributed by atoms with Gasteiger partial charge in [-0.2, -0.15) is 0 Å². The van der Waals surface area contributed by atoms with Gasteiger partial charge in [0.15, 0.2) is 0 Å². The summed E-state index contributed by atoms with van der Waals surface area (Å²) < 4.78 is 0. The predicted octanol–water partition coefficient (Wildman–Crippen LogP) is 4.65. The van der Waals surface area contributed by atoms with Crippen LogP contribution < -0.4 is 5.32 Å². The highest BCUT2D eigenvalue weighted by Crippen LogP contribution is 2.15. The predicted molar refractivity (Wildman–Crippen MR) is 110 cm³/mol. The van der Waals surface area contributed by atoms with Gasteiger partial charge in [-0.3, -0.25) is 9.59 Å². The molecule has 0 bridgehead atoms. The van der Waals surface area contributed by atoms with Crippen molar-refractivity contribution in [1.82, 2.24) is 9.88 Å². The second-order valence-corrected chi connectivity index (χ2v) is 6.61. The van der Waals surface area contributed by atoms with Crippen molar-refractivity contribution in [3.63, 3.8) is 0 Å². The van der Waals surface area contributed by atoms with E-state index in [1.165, 1.54) is 0 Å². The van der Waals surface area contributed by atoms with Gasteiger partial charge in [0.25, 0.3) is 11.8 Å². The van der Waals surface area contributed by atoms with Gasteiger partial charge in [0.1, 0.15) is 11.4 Å². The monoisotopic (exact) mass is 393 g/mol. The number of rotatable bonds is 6. The van der Waals surface area contributed by atoms with Crippen LogP contribution in [-0.4, -0.2) is 28.2 Å². The number of anilines is 1. The molecule has 0 aliphatic rings. The lowest BCUT2D eigenvalue weighted by atomic mass is 10.2. The van der Waals surface area contributed by atoms with Gasteiger partial charge in [-0.1, -0.05) is 48.0 Å². The van der Waals surface area contributed by atoms with Crippen LogP contribution in [0.25, 0.3) is 0 Å². The van der Waals surface area contributed by atoms with Crippen LogP contribution in [0.5, 0.6) is 0 Å². The zero-order valence-electron chi connectivity index (χ0n) is 15.4. The Morgan fingerprint density at radius 3 is 2.29 bits per heavy atom. The number of aromatic nitrogens is 1. The zero-order chi connectivity index (χ0) is 19.9. The first-order chi connectivity index (χ1) is 13.6. The molecular formula is C22H20ClN3O2. The molecule has 1 N–H and O–H groups in total. The van der Waals surface area contributed by atoms with Crippen molar-refractivity contribution in [2.24, 2.45) is 0 Å². The molecular weight excluding hydrogens is 374 g/mol. The van der Waals surface area contributed by atoms with Gasteiger partial charge < -0.3 is 10.2 Å². The van der Waals surface area contributed by atoms with Crippen molar-refractivity contribution in [2.45, 2.75) is 13.5 Å². The zero-order valence-corrected chi connectivity index (χ0v) is 16.2. The van der Waals surface area contributed by atoms with E-state index in [9.17, 15) is 9.59 Å². The summed E-state index contributed by atoms with van der Waals surface area (Å²) in [6.45, 7) is 2.94. The summed E-state index contributed by atoms with van der Waals surface area (Å²) in [5, 5.41) is 3.33. The molecule has 1 aromatic heterocycles. The first kappa shape index (κ1) is 19.6. The third kappa shape index (κ3) is 4.96. The van der Waals surface area contributed by atoms with Gasteiger partial charge in [-0.05, 0) is 48.9 Å². The minimum absolute atomic E-state index is 0.177. The standard InChI is InChI=1S/C22H20ClN3O2/c1-2-26(15-16-7-4-3-5-8-16)22(28)20-10-6-9-19(25-20)21(27)24-18-13-11-17(23)12-14-18/h3-14H,2,15H2,1H3,(H,24,27). The SMILES string of the molecule is CCN(Cc1ccccc1)C(=O)c1cccc(C(=O)Nc2ccc(Cl)cc2)n1. The van der Waals surface area contributed by atoms with Gasteiger partial charge in [-0.15, -0.1) is 0 Å². The lowest BCUT2D eigenvalue weighted by Gasteiger charge is -2.20. The highest BCUT2D eigenvalue weighted by atomic mass is 35.5. The van der Waals surface area contributed by atoms with Gasteiger partial charge in [0, 0.05) is 23.8 Å². The van der Waals surface area contributed by atoms with E-state index in [0.717, 1.165) is 5.56 Å². The summed E-state index contributed by atoms with van der Waals surface area (Å²) in [7, 11) is 0. The molecule has 0 radical (unpaired) electrons. The van der Waals surface area contributed by atoms with E-state index in [-0.39, 0.29) is 23.2 Å². The largest absolute Gasteiger partial charge is 0.333 e. The molecule has 1 heterocycles. The van der Waals surface area contributed by atoms with Crippen LogP contribution in [0.15, 0.2) is 72.8 Å². The van der Waals surface area contributed by atoms with E-state index in [0.29, 0.717) is 23.8 Å². The second-order valence-electron chi connectivity index (χ2n) is 6.17. The third-order valence-electron chi connectivity index (χ3n) is 4.19. The molecule has 0 saturated carbocycles. The fraction of sp³-hybridized carbons (Fsp3) is 0.136. The Morgan fingerprint density at radius 1 is 0.929 bits per heavy atom. The van der Waals surface area contributed by atoms with Crippen LogP contribution in [0.2, 0.25) is 5.02 Å². The van der Waals surface area contributed by atoms with E-state index in [1.54, 1.807) is 47.4 Å². The van der Waals surface area contributed by atoms with Crippen LogP contribution >= 0.6 is 11.6 Å². The number of carbonyl (C=O) groups excluding carboxylic acids is 2. The summed E-state index contributed by atoms with van der Waals surface area (Å²) in [5.74, 6) is -0.601. The smallest absolute Gasteiger partial charge is 0.274 e. The van der Waals surface area contributed by atoms with Crippen molar-refractivity contribution in [3.05, 3.63) is 94.8 Å². The van der Waals surface area contributed by atoms with Crippen molar-refractivity contribution >= 4 is 29.1 Å². The lowest BCUT2D eigenvalue weighted by molar-refractivity contribution is 0.0746. The van der Waals surface area contributed by atoms with E-state index in [2.05, 4.69) is 10.3 Å². The number of hydrogen-bond acceptors (Lipinski definition) is 3. The van der Waals surface area contributed by atoms with Crippen molar-refractivity contribution < 1.29 is 9.59 Å². The molecule has 2 aromatic carbocycles.